The third kappa shape index (κ3) is 3.93. The fourth-order valence-electron chi connectivity index (χ4n) is 2.45. The van der Waals surface area contributed by atoms with Crippen molar-refractivity contribution in [3.63, 3.8) is 0 Å². The van der Waals surface area contributed by atoms with Crippen molar-refractivity contribution in [3.05, 3.63) is 59.7 Å². The Balaban J connectivity index is 0.00000208. The Morgan fingerprint density at radius 2 is 1.62 bits per heavy atom. The first-order valence-electron chi connectivity index (χ1n) is 7.63. The maximum absolute atomic E-state index is 5.62. The van der Waals surface area contributed by atoms with Gasteiger partial charge in [-0.3, -0.25) is 0 Å². The zero-order valence-corrected chi connectivity index (χ0v) is 14.7. The van der Waals surface area contributed by atoms with E-state index >= 15 is 0 Å². The summed E-state index contributed by atoms with van der Waals surface area (Å²) in [5.74, 6) is 1.55. The molecule has 0 saturated heterocycles. The van der Waals surface area contributed by atoms with Crippen molar-refractivity contribution in [3.8, 4) is 0 Å². The van der Waals surface area contributed by atoms with E-state index in [4.69, 9.17) is 5.73 Å². The maximum atomic E-state index is 5.62. The van der Waals surface area contributed by atoms with Crippen molar-refractivity contribution in [2.24, 2.45) is 5.73 Å². The van der Waals surface area contributed by atoms with Gasteiger partial charge in [-0.25, -0.2) is 4.98 Å². The Morgan fingerprint density at radius 3 is 2.29 bits per heavy atom. The maximum Gasteiger partial charge on any atom is 0.225 e. The third-order valence-corrected chi connectivity index (χ3v) is 3.72. The van der Waals surface area contributed by atoms with Gasteiger partial charge in [0.05, 0.1) is 5.52 Å². The smallest absolute Gasteiger partial charge is 0.225 e. The highest BCUT2D eigenvalue weighted by Crippen LogP contribution is 2.23. The van der Waals surface area contributed by atoms with Crippen molar-refractivity contribution >= 4 is 35.1 Å². The summed E-state index contributed by atoms with van der Waals surface area (Å²) in [6, 6.07) is 16.3. The highest BCUT2D eigenvalue weighted by Gasteiger charge is 2.08. The van der Waals surface area contributed by atoms with E-state index < -0.39 is 0 Å². The molecular formula is C18H22ClN5. The molecule has 0 radical (unpaired) electrons. The summed E-state index contributed by atoms with van der Waals surface area (Å²) in [4.78, 5) is 11.2. The molecule has 24 heavy (non-hydrogen) atoms. The normalized spacial score (nSPS) is 10.3. The second kappa shape index (κ2) is 7.95. The Morgan fingerprint density at radius 1 is 0.958 bits per heavy atom. The van der Waals surface area contributed by atoms with Crippen LogP contribution in [-0.4, -0.2) is 24.1 Å². The average Bonchev–Trinajstić information content (AvgIpc) is 2.59. The van der Waals surface area contributed by atoms with Crippen LogP contribution in [0.1, 0.15) is 11.1 Å². The van der Waals surface area contributed by atoms with Crippen molar-refractivity contribution in [2.45, 2.75) is 13.1 Å². The topological polar surface area (TPSA) is 67.1 Å². The molecule has 3 rings (SSSR count). The minimum absolute atomic E-state index is 0. The van der Waals surface area contributed by atoms with Gasteiger partial charge in [0.25, 0.3) is 0 Å². The summed E-state index contributed by atoms with van der Waals surface area (Å²) >= 11 is 0. The molecule has 0 aliphatic heterocycles. The number of nitrogens with one attached hydrogen (secondary N) is 1. The molecule has 5 nitrogen and oxygen atoms in total. The predicted molar refractivity (Wildman–Crippen MR) is 103 cm³/mol. The van der Waals surface area contributed by atoms with Gasteiger partial charge < -0.3 is 16.0 Å². The van der Waals surface area contributed by atoms with E-state index in [0.29, 0.717) is 19.0 Å². The number of benzene rings is 2. The number of aromatic nitrogens is 2. The Hall–Kier alpha value is -2.37. The third-order valence-electron chi connectivity index (χ3n) is 3.72. The molecule has 6 heteroatoms. The molecule has 3 aromatic rings. The second-order valence-corrected chi connectivity index (χ2v) is 5.66. The van der Waals surface area contributed by atoms with Gasteiger partial charge in [-0.2, -0.15) is 4.98 Å². The summed E-state index contributed by atoms with van der Waals surface area (Å²) in [6.45, 7) is 1.24. The van der Waals surface area contributed by atoms with Gasteiger partial charge in [0.1, 0.15) is 5.82 Å². The fraction of sp³-hybridized carbons (Fsp3) is 0.222. The van der Waals surface area contributed by atoms with E-state index in [-0.39, 0.29) is 12.4 Å². The molecule has 0 aliphatic rings. The highest BCUT2D eigenvalue weighted by atomic mass is 35.5. The number of rotatable bonds is 5. The van der Waals surface area contributed by atoms with Crippen molar-refractivity contribution in [1.29, 1.82) is 0 Å². The molecule has 0 spiro atoms. The number of nitrogens with zero attached hydrogens (tertiary/aromatic N) is 3. The van der Waals surface area contributed by atoms with Gasteiger partial charge >= 0.3 is 0 Å². The van der Waals surface area contributed by atoms with Crippen molar-refractivity contribution in [1.82, 2.24) is 9.97 Å². The molecule has 0 atom stereocenters. The number of fused-ring (bicyclic) bond motifs is 1. The van der Waals surface area contributed by atoms with Crippen molar-refractivity contribution < 1.29 is 0 Å². The van der Waals surface area contributed by atoms with Gasteiger partial charge in [-0.05, 0) is 23.3 Å². The SMILES string of the molecule is CN(C)c1nc(NCc2ccc(CN)cc2)nc2ccccc12.Cl. The fourth-order valence-corrected chi connectivity index (χ4v) is 2.45. The highest BCUT2D eigenvalue weighted by molar-refractivity contribution is 5.90. The van der Waals surface area contributed by atoms with Crippen LogP contribution in [0.2, 0.25) is 0 Å². The van der Waals surface area contributed by atoms with E-state index in [2.05, 4.69) is 27.4 Å². The summed E-state index contributed by atoms with van der Waals surface area (Å²) in [5, 5.41) is 4.36. The van der Waals surface area contributed by atoms with Gasteiger partial charge in [-0.15, -0.1) is 12.4 Å². The quantitative estimate of drug-likeness (QED) is 0.744. The summed E-state index contributed by atoms with van der Waals surface area (Å²) < 4.78 is 0. The number of nitrogens with two attached hydrogens (primary N) is 1. The lowest BCUT2D eigenvalue weighted by Crippen LogP contribution is -2.13. The molecule has 1 heterocycles. The lowest BCUT2D eigenvalue weighted by Gasteiger charge is -2.16. The number of halogens is 1. The lowest BCUT2D eigenvalue weighted by atomic mass is 10.1. The first-order valence-corrected chi connectivity index (χ1v) is 7.63. The van der Waals surface area contributed by atoms with Crippen molar-refractivity contribution in [2.75, 3.05) is 24.3 Å². The van der Waals surface area contributed by atoms with E-state index in [0.717, 1.165) is 22.3 Å². The number of anilines is 2. The van der Waals surface area contributed by atoms with Gasteiger partial charge in [0.2, 0.25) is 5.95 Å². The lowest BCUT2D eigenvalue weighted by molar-refractivity contribution is 1.02. The van der Waals surface area contributed by atoms with Crippen LogP contribution in [0, 0.1) is 0 Å². The van der Waals surface area contributed by atoms with Crippen LogP contribution in [0.5, 0.6) is 0 Å². The molecular weight excluding hydrogens is 322 g/mol. The number of para-hydroxylation sites is 1. The van der Waals surface area contributed by atoms with E-state index in [9.17, 15) is 0 Å². The predicted octanol–water partition coefficient (Wildman–Crippen LogP) is 3.19. The molecule has 1 aromatic heterocycles. The van der Waals surface area contributed by atoms with E-state index in [1.165, 1.54) is 5.56 Å². The molecule has 0 bridgehead atoms. The summed E-state index contributed by atoms with van der Waals surface area (Å²) in [5.41, 5.74) is 8.86. The number of hydrogen-bond donors (Lipinski definition) is 2. The van der Waals surface area contributed by atoms with Crippen LogP contribution in [0.25, 0.3) is 10.9 Å². The summed E-state index contributed by atoms with van der Waals surface area (Å²) in [7, 11) is 3.98. The van der Waals surface area contributed by atoms with Gasteiger partial charge in [0, 0.05) is 32.6 Å². The van der Waals surface area contributed by atoms with Crippen LogP contribution in [0.4, 0.5) is 11.8 Å². The Bertz CT molecular complexity index is 802. The van der Waals surface area contributed by atoms with Gasteiger partial charge in [-0.1, -0.05) is 36.4 Å². The molecule has 0 unspecified atom stereocenters. The molecule has 2 aromatic carbocycles. The first-order chi connectivity index (χ1) is 11.2. The van der Waals surface area contributed by atoms with Crippen LogP contribution in [0.15, 0.2) is 48.5 Å². The monoisotopic (exact) mass is 343 g/mol. The van der Waals surface area contributed by atoms with E-state index in [1.807, 2.05) is 55.4 Å². The molecule has 126 valence electrons. The Kier molecular flexibility index (Phi) is 5.95. The van der Waals surface area contributed by atoms with Crippen LogP contribution >= 0.6 is 12.4 Å². The first kappa shape index (κ1) is 18.0. The second-order valence-electron chi connectivity index (χ2n) is 5.66. The largest absolute Gasteiger partial charge is 0.362 e. The van der Waals surface area contributed by atoms with Crippen LogP contribution < -0.4 is 16.0 Å². The zero-order valence-electron chi connectivity index (χ0n) is 13.9. The summed E-state index contributed by atoms with van der Waals surface area (Å²) in [6.07, 6.45) is 0. The zero-order chi connectivity index (χ0) is 16.2. The standard InChI is InChI=1S/C18H21N5.ClH/c1-23(2)17-15-5-3-4-6-16(15)21-18(22-17)20-12-14-9-7-13(11-19)8-10-14;/h3-10H,11-12,19H2,1-2H3,(H,20,21,22);1H. The van der Waals surface area contributed by atoms with E-state index in [1.54, 1.807) is 0 Å². The van der Waals surface area contributed by atoms with Crippen LogP contribution in [-0.2, 0) is 13.1 Å². The van der Waals surface area contributed by atoms with Gasteiger partial charge in [0.15, 0.2) is 0 Å². The average molecular weight is 344 g/mol. The molecule has 0 aliphatic carbocycles. The number of hydrogen-bond acceptors (Lipinski definition) is 5. The molecule has 3 N–H and O–H groups in total. The van der Waals surface area contributed by atoms with Crippen LogP contribution in [0.3, 0.4) is 0 Å². The molecule has 0 fully saturated rings. The molecule has 0 amide bonds. The minimum atomic E-state index is 0. The minimum Gasteiger partial charge on any atom is -0.362 e. The Labute approximate surface area is 148 Å². The molecule has 0 saturated carbocycles.